The van der Waals surface area contributed by atoms with Crippen LogP contribution in [0.5, 0.6) is 0 Å². The normalized spacial score (nSPS) is 12.2. The van der Waals surface area contributed by atoms with Gasteiger partial charge in [-0.3, -0.25) is 4.57 Å². The van der Waals surface area contributed by atoms with Crippen LogP contribution in [0.1, 0.15) is 0 Å². The SMILES string of the molecule is c1ccc(-c2ccc(-c3nc(-n4c5ccccc5c5c6c7ccccc7sc6c6ccccc6c54)nc4c3sc3ccccc34)c3ccccc23)cc1. The molecule has 4 aromatic heterocycles. The third-order valence-corrected chi connectivity index (χ3v) is 13.2. The fourth-order valence-corrected chi connectivity index (χ4v) is 11.0. The van der Waals surface area contributed by atoms with Crippen molar-refractivity contribution < 1.29 is 0 Å². The summed E-state index contributed by atoms with van der Waals surface area (Å²) in [6.45, 7) is 0. The van der Waals surface area contributed by atoms with Gasteiger partial charge in [-0.05, 0) is 40.1 Å². The first kappa shape index (κ1) is 29.2. The Bertz CT molecular complexity index is 3460. The van der Waals surface area contributed by atoms with Crippen molar-refractivity contribution in [2.24, 2.45) is 0 Å². The molecule has 5 heteroatoms. The molecular weight excluding hydrogens is 683 g/mol. The van der Waals surface area contributed by atoms with E-state index in [2.05, 4.69) is 168 Å². The van der Waals surface area contributed by atoms with Crippen LogP contribution >= 0.6 is 22.7 Å². The second-order valence-corrected chi connectivity index (χ2v) is 15.7. The Morgan fingerprint density at radius 1 is 0.396 bits per heavy atom. The first-order chi connectivity index (χ1) is 26.3. The Kier molecular flexibility index (Phi) is 6.09. The van der Waals surface area contributed by atoms with Crippen LogP contribution in [0.3, 0.4) is 0 Å². The predicted molar refractivity (Wildman–Crippen MR) is 228 cm³/mol. The van der Waals surface area contributed by atoms with Crippen LogP contribution in [-0.2, 0) is 0 Å². The average Bonchev–Trinajstić information content (AvgIpc) is 3.91. The second-order valence-electron chi connectivity index (χ2n) is 13.6. The lowest BCUT2D eigenvalue weighted by Gasteiger charge is -2.14. The van der Waals surface area contributed by atoms with E-state index in [1.807, 2.05) is 11.3 Å². The number of hydrogen-bond acceptors (Lipinski definition) is 4. The third kappa shape index (κ3) is 4.09. The van der Waals surface area contributed by atoms with Gasteiger partial charge in [0, 0.05) is 57.4 Å². The van der Waals surface area contributed by atoms with Crippen molar-refractivity contribution >= 4 is 106 Å². The van der Waals surface area contributed by atoms with Gasteiger partial charge in [0.15, 0.2) is 0 Å². The van der Waals surface area contributed by atoms with Gasteiger partial charge < -0.3 is 0 Å². The summed E-state index contributed by atoms with van der Waals surface area (Å²) in [5.74, 6) is 0.683. The van der Waals surface area contributed by atoms with Crippen molar-refractivity contribution in [3.8, 4) is 28.3 Å². The molecule has 8 aromatic carbocycles. The summed E-state index contributed by atoms with van der Waals surface area (Å²) < 4.78 is 7.27. The quantitative estimate of drug-likeness (QED) is 0.183. The molecule has 4 heterocycles. The number of nitrogens with zero attached hydrogens (tertiary/aromatic N) is 3. The minimum atomic E-state index is 0.683. The molecule has 0 bridgehead atoms. The summed E-state index contributed by atoms with van der Waals surface area (Å²) in [4.78, 5) is 11.2. The second kappa shape index (κ2) is 11.1. The molecular formula is C48H27N3S2. The molecule has 0 saturated carbocycles. The molecule has 0 aliphatic rings. The first-order valence-electron chi connectivity index (χ1n) is 17.8. The lowest BCUT2D eigenvalue weighted by Crippen LogP contribution is -2.03. The van der Waals surface area contributed by atoms with Crippen LogP contribution in [0.25, 0.3) is 112 Å². The highest BCUT2D eigenvalue weighted by Crippen LogP contribution is 2.49. The van der Waals surface area contributed by atoms with Crippen LogP contribution in [0.15, 0.2) is 164 Å². The molecule has 0 unspecified atom stereocenters. The summed E-state index contributed by atoms with van der Waals surface area (Å²) >= 11 is 3.66. The van der Waals surface area contributed by atoms with E-state index in [1.54, 1.807) is 11.3 Å². The fourth-order valence-electron chi connectivity index (χ4n) is 8.56. The first-order valence-corrected chi connectivity index (χ1v) is 19.5. The van der Waals surface area contributed by atoms with E-state index in [0.717, 1.165) is 37.9 Å². The topological polar surface area (TPSA) is 30.7 Å². The van der Waals surface area contributed by atoms with Crippen LogP contribution < -0.4 is 0 Å². The molecule has 0 N–H and O–H groups in total. The van der Waals surface area contributed by atoms with E-state index < -0.39 is 0 Å². The van der Waals surface area contributed by atoms with Gasteiger partial charge in [0.25, 0.3) is 0 Å². The Labute approximate surface area is 311 Å². The summed E-state index contributed by atoms with van der Waals surface area (Å²) in [5, 5.41) is 11.1. The van der Waals surface area contributed by atoms with E-state index in [4.69, 9.17) is 9.97 Å². The molecule has 3 nitrogen and oxygen atoms in total. The van der Waals surface area contributed by atoms with E-state index in [9.17, 15) is 0 Å². The van der Waals surface area contributed by atoms with Crippen LogP contribution in [0.2, 0.25) is 0 Å². The number of para-hydroxylation sites is 1. The minimum Gasteiger partial charge on any atom is -0.277 e. The molecule has 53 heavy (non-hydrogen) atoms. The van der Waals surface area contributed by atoms with E-state index in [-0.39, 0.29) is 0 Å². The molecule has 0 saturated heterocycles. The highest BCUT2D eigenvalue weighted by atomic mass is 32.1. The Hall–Kier alpha value is -6.40. The van der Waals surface area contributed by atoms with Gasteiger partial charge >= 0.3 is 0 Å². The molecule has 0 radical (unpaired) electrons. The molecule has 12 aromatic rings. The third-order valence-electron chi connectivity index (χ3n) is 10.8. The maximum atomic E-state index is 5.66. The van der Waals surface area contributed by atoms with E-state index in [0.29, 0.717) is 5.95 Å². The number of benzene rings is 8. The minimum absolute atomic E-state index is 0.683. The van der Waals surface area contributed by atoms with Crippen molar-refractivity contribution in [3.63, 3.8) is 0 Å². The maximum Gasteiger partial charge on any atom is 0.235 e. The standard InChI is InChI=1S/C48H27N3S2/c1-2-14-28(15-3-1)29-26-27-32(31-17-5-4-16-30(29)31)43-47-44(37-22-10-13-25-40(37)53-47)50-48(49-43)51-38-23-11-8-20-35(38)41-42-36-21-9-12-24-39(36)52-46(42)34-19-7-6-18-33(34)45(41)51/h1-27H. The summed E-state index contributed by atoms with van der Waals surface area (Å²) in [6, 6.07) is 59.1. The lowest BCUT2D eigenvalue weighted by atomic mass is 9.93. The molecule has 0 spiro atoms. The molecule has 0 aliphatic heterocycles. The Morgan fingerprint density at radius 2 is 0.962 bits per heavy atom. The van der Waals surface area contributed by atoms with Gasteiger partial charge in [-0.25, -0.2) is 9.97 Å². The number of aromatic nitrogens is 3. The van der Waals surface area contributed by atoms with Crippen molar-refractivity contribution in [1.82, 2.24) is 14.5 Å². The van der Waals surface area contributed by atoms with Crippen LogP contribution in [0.4, 0.5) is 0 Å². The Balaban J connectivity index is 1.26. The molecule has 0 atom stereocenters. The van der Waals surface area contributed by atoms with Crippen molar-refractivity contribution in [1.29, 1.82) is 0 Å². The van der Waals surface area contributed by atoms with Crippen molar-refractivity contribution in [2.75, 3.05) is 0 Å². The van der Waals surface area contributed by atoms with E-state index >= 15 is 0 Å². The molecule has 12 rings (SSSR count). The number of rotatable bonds is 3. The number of hydrogen-bond donors (Lipinski definition) is 0. The summed E-state index contributed by atoms with van der Waals surface area (Å²) in [5.41, 5.74) is 7.72. The van der Waals surface area contributed by atoms with Gasteiger partial charge in [-0.1, -0.05) is 146 Å². The molecule has 0 aliphatic carbocycles. The number of thiophene rings is 2. The summed E-state index contributed by atoms with van der Waals surface area (Å²) in [6.07, 6.45) is 0. The molecule has 0 fully saturated rings. The highest BCUT2D eigenvalue weighted by molar-refractivity contribution is 7.27. The Morgan fingerprint density at radius 3 is 1.75 bits per heavy atom. The zero-order valence-corrected chi connectivity index (χ0v) is 29.9. The van der Waals surface area contributed by atoms with Crippen molar-refractivity contribution in [2.45, 2.75) is 0 Å². The fraction of sp³-hybridized carbons (Fsp3) is 0. The van der Waals surface area contributed by atoms with Crippen molar-refractivity contribution in [3.05, 3.63) is 164 Å². The van der Waals surface area contributed by atoms with Gasteiger partial charge in [-0.15, -0.1) is 22.7 Å². The smallest absolute Gasteiger partial charge is 0.235 e. The van der Waals surface area contributed by atoms with Gasteiger partial charge in [0.2, 0.25) is 5.95 Å². The molecule has 0 amide bonds. The maximum absolute atomic E-state index is 5.66. The molecule has 246 valence electrons. The monoisotopic (exact) mass is 709 g/mol. The average molecular weight is 710 g/mol. The predicted octanol–water partition coefficient (Wildman–Crippen LogP) is 13.9. The largest absolute Gasteiger partial charge is 0.277 e. The zero-order chi connectivity index (χ0) is 34.6. The van der Waals surface area contributed by atoms with Crippen LogP contribution in [-0.4, -0.2) is 14.5 Å². The zero-order valence-electron chi connectivity index (χ0n) is 28.2. The highest BCUT2D eigenvalue weighted by Gasteiger charge is 2.25. The van der Waals surface area contributed by atoms with E-state index in [1.165, 1.54) is 68.3 Å². The number of fused-ring (bicyclic) bond motifs is 14. The van der Waals surface area contributed by atoms with Gasteiger partial charge in [-0.2, -0.15) is 0 Å². The van der Waals surface area contributed by atoms with Crippen LogP contribution in [0, 0.1) is 0 Å². The van der Waals surface area contributed by atoms with Gasteiger partial charge in [0.05, 0.1) is 26.9 Å². The lowest BCUT2D eigenvalue weighted by molar-refractivity contribution is 1.02. The van der Waals surface area contributed by atoms with Gasteiger partial charge in [0.1, 0.15) is 0 Å². The summed E-state index contributed by atoms with van der Waals surface area (Å²) in [7, 11) is 0.